The van der Waals surface area contributed by atoms with Gasteiger partial charge >= 0.3 is 0 Å². The van der Waals surface area contributed by atoms with Gasteiger partial charge in [0, 0.05) is 18.0 Å². The molecule has 0 bridgehead atoms. The topological polar surface area (TPSA) is 120 Å². The van der Waals surface area contributed by atoms with E-state index in [2.05, 4.69) is 25.4 Å². The van der Waals surface area contributed by atoms with Crippen LogP contribution in [0.4, 0.5) is 5.13 Å². The first kappa shape index (κ1) is 16.1. The van der Waals surface area contributed by atoms with Crippen molar-refractivity contribution in [3.8, 4) is 11.4 Å². The maximum absolute atomic E-state index is 12.4. The van der Waals surface area contributed by atoms with E-state index in [0.29, 0.717) is 33.8 Å². The van der Waals surface area contributed by atoms with Crippen LogP contribution in [0.15, 0.2) is 29.0 Å². The molecule has 0 aliphatic carbocycles. The van der Waals surface area contributed by atoms with Crippen molar-refractivity contribution in [3.05, 3.63) is 41.0 Å². The summed E-state index contributed by atoms with van der Waals surface area (Å²) < 4.78 is 5.24. The van der Waals surface area contributed by atoms with Gasteiger partial charge in [0.2, 0.25) is 11.7 Å². The summed E-state index contributed by atoms with van der Waals surface area (Å²) in [6.45, 7) is 3.70. The lowest BCUT2D eigenvalue weighted by Gasteiger charge is -2.08. The van der Waals surface area contributed by atoms with E-state index in [0.717, 1.165) is 5.56 Å². The van der Waals surface area contributed by atoms with Gasteiger partial charge in [0.1, 0.15) is 10.9 Å². The second-order valence-electron chi connectivity index (χ2n) is 5.07. The van der Waals surface area contributed by atoms with Gasteiger partial charge in [-0.2, -0.15) is 4.98 Å². The standard InChI is InChI=1S/C15H16N6O2S/c1-3-10-11(24-15(16)19-10)13(22)18-8(2)14-20-12(21-23-14)9-5-4-6-17-7-9/h4-8H,3H2,1-2H3,(H2,16,19)(H,18,22)/t8-/m1/s1. The second kappa shape index (κ2) is 6.75. The SMILES string of the molecule is CCc1nc(N)sc1C(=O)N[C@H](C)c1nc(-c2cccnc2)no1. The Labute approximate surface area is 142 Å². The van der Waals surface area contributed by atoms with Crippen molar-refractivity contribution in [1.29, 1.82) is 0 Å². The van der Waals surface area contributed by atoms with Crippen molar-refractivity contribution in [2.24, 2.45) is 0 Å². The van der Waals surface area contributed by atoms with Crippen LogP contribution in [0.2, 0.25) is 0 Å². The number of nitrogen functional groups attached to an aromatic ring is 1. The first-order valence-corrected chi connectivity index (χ1v) is 8.20. The van der Waals surface area contributed by atoms with Crippen LogP contribution < -0.4 is 11.1 Å². The predicted molar refractivity (Wildman–Crippen MR) is 89.3 cm³/mol. The number of thiazole rings is 1. The molecule has 0 aliphatic heterocycles. The van der Waals surface area contributed by atoms with Crippen LogP contribution in [0.3, 0.4) is 0 Å². The molecule has 3 rings (SSSR count). The van der Waals surface area contributed by atoms with Crippen molar-refractivity contribution in [1.82, 2.24) is 25.4 Å². The molecule has 0 saturated heterocycles. The molecule has 24 heavy (non-hydrogen) atoms. The molecular weight excluding hydrogens is 328 g/mol. The number of carbonyl (C=O) groups excluding carboxylic acids is 1. The molecule has 0 aromatic carbocycles. The van der Waals surface area contributed by atoms with Gasteiger partial charge in [-0.3, -0.25) is 9.78 Å². The Kier molecular flexibility index (Phi) is 4.52. The molecule has 3 N–H and O–H groups in total. The molecular formula is C15H16N6O2S. The molecule has 3 aromatic rings. The number of hydrogen-bond donors (Lipinski definition) is 2. The number of nitrogens with zero attached hydrogens (tertiary/aromatic N) is 4. The molecule has 0 saturated carbocycles. The molecule has 3 heterocycles. The van der Waals surface area contributed by atoms with Crippen LogP contribution in [0.5, 0.6) is 0 Å². The Balaban J connectivity index is 1.74. The molecule has 1 atom stereocenters. The molecule has 1 amide bonds. The Morgan fingerprint density at radius 1 is 1.46 bits per heavy atom. The number of nitrogens with two attached hydrogens (primary N) is 1. The highest BCUT2D eigenvalue weighted by atomic mass is 32.1. The minimum Gasteiger partial charge on any atom is -0.375 e. The quantitative estimate of drug-likeness (QED) is 0.728. The Hall–Kier alpha value is -2.81. The van der Waals surface area contributed by atoms with E-state index in [1.807, 2.05) is 13.0 Å². The fourth-order valence-electron chi connectivity index (χ4n) is 2.13. The van der Waals surface area contributed by atoms with E-state index in [1.54, 1.807) is 25.4 Å². The maximum Gasteiger partial charge on any atom is 0.264 e. The minimum absolute atomic E-state index is 0.255. The lowest BCUT2D eigenvalue weighted by Crippen LogP contribution is -2.27. The van der Waals surface area contributed by atoms with Gasteiger partial charge in [0.25, 0.3) is 5.91 Å². The van der Waals surface area contributed by atoms with Gasteiger partial charge in [-0.1, -0.05) is 23.4 Å². The average molecular weight is 344 g/mol. The van der Waals surface area contributed by atoms with E-state index in [-0.39, 0.29) is 5.91 Å². The van der Waals surface area contributed by atoms with Crippen molar-refractivity contribution >= 4 is 22.4 Å². The van der Waals surface area contributed by atoms with E-state index in [9.17, 15) is 4.79 Å². The Bertz CT molecular complexity index is 845. The van der Waals surface area contributed by atoms with Gasteiger partial charge in [-0.25, -0.2) is 4.98 Å². The summed E-state index contributed by atoms with van der Waals surface area (Å²) >= 11 is 1.17. The third kappa shape index (κ3) is 3.25. The zero-order valence-electron chi connectivity index (χ0n) is 13.2. The molecule has 9 heteroatoms. The Morgan fingerprint density at radius 2 is 2.29 bits per heavy atom. The second-order valence-corrected chi connectivity index (χ2v) is 6.11. The number of carbonyl (C=O) groups is 1. The zero-order chi connectivity index (χ0) is 17.1. The number of amides is 1. The van der Waals surface area contributed by atoms with E-state index in [1.165, 1.54) is 11.3 Å². The highest BCUT2D eigenvalue weighted by Crippen LogP contribution is 2.22. The van der Waals surface area contributed by atoms with Crippen LogP contribution in [-0.2, 0) is 6.42 Å². The van der Waals surface area contributed by atoms with E-state index in [4.69, 9.17) is 10.3 Å². The summed E-state index contributed by atoms with van der Waals surface area (Å²) in [7, 11) is 0. The lowest BCUT2D eigenvalue weighted by atomic mass is 10.2. The van der Waals surface area contributed by atoms with Gasteiger partial charge in [0.15, 0.2) is 5.13 Å². The normalized spacial score (nSPS) is 12.1. The highest BCUT2D eigenvalue weighted by molar-refractivity contribution is 7.17. The van der Waals surface area contributed by atoms with Crippen molar-refractivity contribution < 1.29 is 9.32 Å². The summed E-state index contributed by atoms with van der Waals surface area (Å²) in [4.78, 5) is 25.4. The van der Waals surface area contributed by atoms with Gasteiger partial charge < -0.3 is 15.6 Å². The highest BCUT2D eigenvalue weighted by Gasteiger charge is 2.21. The fraction of sp³-hybridized carbons (Fsp3) is 0.267. The van der Waals surface area contributed by atoms with Crippen molar-refractivity contribution in [2.75, 3.05) is 5.73 Å². The number of pyridine rings is 1. The first-order chi connectivity index (χ1) is 11.6. The molecule has 8 nitrogen and oxygen atoms in total. The fourth-order valence-corrected chi connectivity index (χ4v) is 2.96. The number of hydrogen-bond acceptors (Lipinski definition) is 8. The van der Waals surface area contributed by atoms with Crippen molar-refractivity contribution in [2.45, 2.75) is 26.3 Å². The maximum atomic E-state index is 12.4. The molecule has 0 aliphatic rings. The average Bonchev–Trinajstić information content (AvgIpc) is 3.22. The third-order valence-corrected chi connectivity index (χ3v) is 4.26. The predicted octanol–water partition coefficient (Wildman–Crippen LogP) is 2.22. The largest absolute Gasteiger partial charge is 0.375 e. The van der Waals surface area contributed by atoms with Crippen LogP contribution in [0.25, 0.3) is 11.4 Å². The number of aromatic nitrogens is 4. The van der Waals surface area contributed by atoms with Crippen LogP contribution in [0, 0.1) is 0 Å². The number of anilines is 1. The first-order valence-electron chi connectivity index (χ1n) is 7.38. The van der Waals surface area contributed by atoms with Gasteiger partial charge in [-0.15, -0.1) is 0 Å². The molecule has 0 spiro atoms. The monoisotopic (exact) mass is 344 g/mol. The molecule has 0 fully saturated rings. The van der Waals surface area contributed by atoms with Gasteiger partial charge in [0.05, 0.1) is 5.69 Å². The molecule has 3 aromatic heterocycles. The van der Waals surface area contributed by atoms with Crippen LogP contribution >= 0.6 is 11.3 Å². The molecule has 0 unspecified atom stereocenters. The van der Waals surface area contributed by atoms with E-state index >= 15 is 0 Å². The lowest BCUT2D eigenvalue weighted by molar-refractivity contribution is 0.0935. The zero-order valence-corrected chi connectivity index (χ0v) is 14.0. The summed E-state index contributed by atoms with van der Waals surface area (Å²) in [6, 6.07) is 3.18. The van der Waals surface area contributed by atoms with E-state index < -0.39 is 6.04 Å². The van der Waals surface area contributed by atoms with Gasteiger partial charge in [-0.05, 0) is 25.5 Å². The Morgan fingerprint density at radius 3 is 3.00 bits per heavy atom. The molecule has 0 radical (unpaired) electrons. The summed E-state index contributed by atoms with van der Waals surface area (Å²) in [5, 5.41) is 7.12. The van der Waals surface area contributed by atoms with Crippen LogP contribution in [-0.4, -0.2) is 26.0 Å². The minimum atomic E-state index is -0.441. The number of rotatable bonds is 5. The number of aryl methyl sites for hydroxylation is 1. The third-order valence-electron chi connectivity index (χ3n) is 3.33. The number of nitrogens with one attached hydrogen (secondary N) is 1. The molecule has 124 valence electrons. The summed E-state index contributed by atoms with van der Waals surface area (Å²) in [6.07, 6.45) is 3.95. The smallest absolute Gasteiger partial charge is 0.264 e. The van der Waals surface area contributed by atoms with Crippen molar-refractivity contribution in [3.63, 3.8) is 0 Å². The van der Waals surface area contributed by atoms with Crippen LogP contribution in [0.1, 0.15) is 41.1 Å². The summed E-state index contributed by atoms with van der Waals surface area (Å²) in [5.74, 6) is 0.489. The summed E-state index contributed by atoms with van der Waals surface area (Å²) in [5.41, 5.74) is 7.11.